The third kappa shape index (κ3) is 6.43. The second-order valence-corrected chi connectivity index (χ2v) is 5.24. The van der Waals surface area contributed by atoms with E-state index >= 15 is 0 Å². The summed E-state index contributed by atoms with van der Waals surface area (Å²) in [6, 6.07) is 7.92. The zero-order valence-corrected chi connectivity index (χ0v) is 11.7. The first kappa shape index (κ1) is 14.7. The lowest BCUT2D eigenvalue weighted by Gasteiger charge is -2.07. The fourth-order valence-electron chi connectivity index (χ4n) is 1.82. The monoisotopic (exact) mass is 248 g/mol. The van der Waals surface area contributed by atoms with Crippen LogP contribution in [-0.2, 0) is 4.79 Å². The van der Waals surface area contributed by atoms with Crippen molar-refractivity contribution < 1.29 is 9.53 Å². The molecule has 2 heteroatoms. The van der Waals surface area contributed by atoms with E-state index in [9.17, 15) is 4.79 Å². The Morgan fingerprint density at radius 3 is 2.72 bits per heavy atom. The van der Waals surface area contributed by atoms with Crippen LogP contribution < -0.4 is 4.74 Å². The van der Waals surface area contributed by atoms with Gasteiger partial charge >= 0.3 is 0 Å². The molecule has 2 nitrogen and oxygen atoms in total. The molecule has 0 saturated heterocycles. The third-order valence-electron chi connectivity index (χ3n) is 2.88. The normalized spacial score (nSPS) is 10.7. The van der Waals surface area contributed by atoms with E-state index in [-0.39, 0.29) is 0 Å². The molecule has 0 fully saturated rings. The number of ether oxygens (including phenoxy) is 1. The number of Topliss-reactive ketones (excluding diaryl/α,β-unsaturated/α-hetero) is 1. The van der Waals surface area contributed by atoms with E-state index in [1.807, 2.05) is 31.2 Å². The third-order valence-corrected chi connectivity index (χ3v) is 2.88. The van der Waals surface area contributed by atoms with Crippen LogP contribution in [0.5, 0.6) is 5.75 Å². The first-order chi connectivity index (χ1) is 8.58. The van der Waals surface area contributed by atoms with E-state index in [0.717, 1.165) is 18.6 Å². The van der Waals surface area contributed by atoms with Gasteiger partial charge in [-0.15, -0.1) is 0 Å². The van der Waals surface area contributed by atoms with Crippen LogP contribution in [0.4, 0.5) is 0 Å². The van der Waals surface area contributed by atoms with E-state index in [1.54, 1.807) is 0 Å². The molecule has 0 saturated carbocycles. The Labute approximate surface area is 110 Å². The van der Waals surface area contributed by atoms with E-state index in [2.05, 4.69) is 13.8 Å². The van der Waals surface area contributed by atoms with Crippen molar-refractivity contribution >= 4 is 5.78 Å². The zero-order valence-electron chi connectivity index (χ0n) is 11.7. The predicted molar refractivity (Wildman–Crippen MR) is 75.0 cm³/mol. The fourth-order valence-corrected chi connectivity index (χ4v) is 1.82. The molecule has 1 aromatic rings. The van der Waals surface area contributed by atoms with Gasteiger partial charge in [-0.05, 0) is 37.0 Å². The largest absolute Gasteiger partial charge is 0.493 e. The number of benzene rings is 1. The molecular weight excluding hydrogens is 224 g/mol. The number of hydrogen-bond acceptors (Lipinski definition) is 2. The molecule has 0 radical (unpaired) electrons. The van der Waals surface area contributed by atoms with Crippen LogP contribution in [0.1, 0.15) is 45.1 Å². The minimum atomic E-state index is 0.309. The van der Waals surface area contributed by atoms with Crippen LogP contribution in [0.3, 0.4) is 0 Å². The van der Waals surface area contributed by atoms with Gasteiger partial charge < -0.3 is 4.74 Å². The topological polar surface area (TPSA) is 26.3 Å². The highest BCUT2D eigenvalue weighted by molar-refractivity contribution is 5.78. The molecule has 0 aliphatic carbocycles. The molecule has 18 heavy (non-hydrogen) atoms. The highest BCUT2D eigenvalue weighted by Gasteiger charge is 2.03. The summed E-state index contributed by atoms with van der Waals surface area (Å²) in [6.45, 7) is 6.89. The SMILES string of the molecule is Cc1cccc(OCCC(=O)CCCC(C)C)c1. The Kier molecular flexibility index (Phi) is 6.48. The van der Waals surface area contributed by atoms with Gasteiger partial charge in [0, 0.05) is 12.8 Å². The van der Waals surface area contributed by atoms with Crippen LogP contribution in [0.2, 0.25) is 0 Å². The van der Waals surface area contributed by atoms with Crippen LogP contribution in [0.25, 0.3) is 0 Å². The molecule has 0 heterocycles. The Hall–Kier alpha value is -1.31. The lowest BCUT2D eigenvalue weighted by molar-refractivity contribution is -0.119. The number of aryl methyl sites for hydroxylation is 1. The average molecular weight is 248 g/mol. The molecule has 0 aliphatic heterocycles. The van der Waals surface area contributed by atoms with Crippen LogP contribution in [0.15, 0.2) is 24.3 Å². The van der Waals surface area contributed by atoms with Gasteiger partial charge in [0.2, 0.25) is 0 Å². The fraction of sp³-hybridized carbons (Fsp3) is 0.562. The first-order valence-electron chi connectivity index (χ1n) is 6.79. The van der Waals surface area contributed by atoms with Gasteiger partial charge in [-0.1, -0.05) is 32.4 Å². The Morgan fingerprint density at radius 1 is 1.28 bits per heavy atom. The van der Waals surface area contributed by atoms with E-state index in [4.69, 9.17) is 4.74 Å². The van der Waals surface area contributed by atoms with Crippen molar-refractivity contribution in [2.75, 3.05) is 6.61 Å². The molecule has 0 atom stereocenters. The number of ketones is 1. The van der Waals surface area contributed by atoms with Gasteiger partial charge in [-0.2, -0.15) is 0 Å². The molecule has 0 amide bonds. The van der Waals surface area contributed by atoms with Gasteiger partial charge in [0.15, 0.2) is 0 Å². The summed E-state index contributed by atoms with van der Waals surface area (Å²) < 4.78 is 5.56. The highest BCUT2D eigenvalue weighted by atomic mass is 16.5. The molecule has 100 valence electrons. The second kappa shape index (κ2) is 7.91. The smallest absolute Gasteiger partial charge is 0.136 e. The summed E-state index contributed by atoms with van der Waals surface area (Å²) >= 11 is 0. The van der Waals surface area contributed by atoms with Crippen molar-refractivity contribution in [1.82, 2.24) is 0 Å². The molecule has 0 N–H and O–H groups in total. The Balaban J connectivity index is 2.15. The quantitative estimate of drug-likeness (QED) is 0.690. The zero-order chi connectivity index (χ0) is 13.4. The van der Waals surface area contributed by atoms with E-state index < -0.39 is 0 Å². The summed E-state index contributed by atoms with van der Waals surface area (Å²) in [4.78, 5) is 11.6. The van der Waals surface area contributed by atoms with Crippen molar-refractivity contribution in [3.63, 3.8) is 0 Å². The van der Waals surface area contributed by atoms with E-state index in [0.29, 0.717) is 31.1 Å². The van der Waals surface area contributed by atoms with Gasteiger partial charge in [0.05, 0.1) is 6.61 Å². The Bertz CT molecular complexity index is 369. The Morgan fingerprint density at radius 2 is 2.06 bits per heavy atom. The lowest BCUT2D eigenvalue weighted by atomic mass is 10.0. The number of carbonyl (C=O) groups excluding carboxylic acids is 1. The first-order valence-corrected chi connectivity index (χ1v) is 6.79. The molecule has 1 rings (SSSR count). The van der Waals surface area contributed by atoms with Crippen molar-refractivity contribution in [1.29, 1.82) is 0 Å². The predicted octanol–water partition coefficient (Wildman–Crippen LogP) is 4.16. The average Bonchev–Trinajstić information content (AvgIpc) is 2.28. The summed E-state index contributed by atoms with van der Waals surface area (Å²) in [5.74, 6) is 1.84. The summed E-state index contributed by atoms with van der Waals surface area (Å²) in [6.07, 6.45) is 3.34. The minimum absolute atomic E-state index is 0.309. The van der Waals surface area contributed by atoms with Crippen molar-refractivity contribution in [2.24, 2.45) is 5.92 Å². The summed E-state index contributed by atoms with van der Waals surface area (Å²) in [5, 5.41) is 0. The van der Waals surface area contributed by atoms with Gasteiger partial charge in [0.25, 0.3) is 0 Å². The van der Waals surface area contributed by atoms with Crippen LogP contribution >= 0.6 is 0 Å². The molecule has 0 aromatic heterocycles. The highest BCUT2D eigenvalue weighted by Crippen LogP contribution is 2.13. The van der Waals surface area contributed by atoms with Crippen molar-refractivity contribution in [3.8, 4) is 5.75 Å². The van der Waals surface area contributed by atoms with Gasteiger partial charge in [-0.3, -0.25) is 4.79 Å². The molecule has 0 bridgehead atoms. The number of carbonyl (C=O) groups is 1. The van der Waals surface area contributed by atoms with E-state index in [1.165, 1.54) is 5.56 Å². The van der Waals surface area contributed by atoms with Gasteiger partial charge in [-0.25, -0.2) is 0 Å². The van der Waals surface area contributed by atoms with Crippen molar-refractivity contribution in [2.45, 2.75) is 46.5 Å². The molecule has 1 aromatic carbocycles. The lowest BCUT2D eigenvalue weighted by Crippen LogP contribution is -2.06. The van der Waals surface area contributed by atoms with Crippen molar-refractivity contribution in [3.05, 3.63) is 29.8 Å². The maximum absolute atomic E-state index is 11.6. The molecule has 0 aliphatic rings. The number of rotatable bonds is 8. The molecule has 0 spiro atoms. The van der Waals surface area contributed by atoms with Crippen LogP contribution in [0, 0.1) is 12.8 Å². The summed E-state index contributed by atoms with van der Waals surface area (Å²) in [7, 11) is 0. The number of hydrogen-bond donors (Lipinski definition) is 0. The van der Waals surface area contributed by atoms with Crippen LogP contribution in [-0.4, -0.2) is 12.4 Å². The minimum Gasteiger partial charge on any atom is -0.493 e. The summed E-state index contributed by atoms with van der Waals surface area (Å²) in [5.41, 5.74) is 1.18. The standard InChI is InChI=1S/C16H24O2/c1-13(2)6-4-8-15(17)10-11-18-16-9-5-7-14(3)12-16/h5,7,9,12-13H,4,6,8,10-11H2,1-3H3. The molecular formula is C16H24O2. The second-order valence-electron chi connectivity index (χ2n) is 5.24. The maximum atomic E-state index is 11.6. The molecule has 0 unspecified atom stereocenters. The maximum Gasteiger partial charge on any atom is 0.136 e. The van der Waals surface area contributed by atoms with Gasteiger partial charge in [0.1, 0.15) is 11.5 Å².